The van der Waals surface area contributed by atoms with Crippen molar-refractivity contribution in [2.24, 2.45) is 12.8 Å². The van der Waals surface area contributed by atoms with Crippen LogP contribution >= 0.6 is 12.4 Å². The SMILES string of the molecule is Cl.Cn1ccnc1C1(N)CC1. The maximum absolute atomic E-state index is 5.93. The van der Waals surface area contributed by atoms with Gasteiger partial charge in [-0.25, -0.2) is 4.98 Å². The molecule has 0 atom stereocenters. The molecule has 62 valence electrons. The summed E-state index contributed by atoms with van der Waals surface area (Å²) in [4.78, 5) is 4.19. The Morgan fingerprint density at radius 1 is 1.64 bits per heavy atom. The lowest BCUT2D eigenvalue weighted by atomic mass is 10.3. The van der Waals surface area contributed by atoms with E-state index in [1.54, 1.807) is 6.20 Å². The highest BCUT2D eigenvalue weighted by Gasteiger charge is 2.43. The highest BCUT2D eigenvalue weighted by molar-refractivity contribution is 5.85. The number of nitrogens with two attached hydrogens (primary N) is 1. The zero-order valence-electron chi connectivity index (χ0n) is 6.45. The van der Waals surface area contributed by atoms with E-state index in [9.17, 15) is 0 Å². The Kier molecular flexibility index (Phi) is 1.94. The minimum atomic E-state index is -0.0851. The number of imidazole rings is 1. The molecule has 4 heteroatoms. The van der Waals surface area contributed by atoms with Gasteiger partial charge in [0.15, 0.2) is 0 Å². The molecule has 0 unspecified atom stereocenters. The molecule has 0 saturated heterocycles. The Morgan fingerprint density at radius 3 is 2.64 bits per heavy atom. The lowest BCUT2D eigenvalue weighted by Crippen LogP contribution is -2.22. The average molecular weight is 174 g/mol. The standard InChI is InChI=1S/C7H11N3.ClH/c1-10-5-4-9-6(10)7(8)2-3-7;/h4-5H,2-3,8H2,1H3;1H. The van der Waals surface area contributed by atoms with Crippen LogP contribution in [-0.4, -0.2) is 9.55 Å². The van der Waals surface area contributed by atoms with Gasteiger partial charge in [-0.1, -0.05) is 0 Å². The van der Waals surface area contributed by atoms with Gasteiger partial charge < -0.3 is 10.3 Å². The quantitative estimate of drug-likeness (QED) is 0.683. The minimum Gasteiger partial charge on any atom is -0.336 e. The van der Waals surface area contributed by atoms with Gasteiger partial charge in [0.25, 0.3) is 0 Å². The summed E-state index contributed by atoms with van der Waals surface area (Å²) in [5, 5.41) is 0. The van der Waals surface area contributed by atoms with Crippen LogP contribution in [0.4, 0.5) is 0 Å². The summed E-state index contributed by atoms with van der Waals surface area (Å²) in [7, 11) is 1.98. The van der Waals surface area contributed by atoms with E-state index in [0.29, 0.717) is 0 Å². The molecule has 1 saturated carbocycles. The summed E-state index contributed by atoms with van der Waals surface area (Å²) in [6.07, 6.45) is 5.89. The van der Waals surface area contributed by atoms with Gasteiger partial charge in [0.05, 0.1) is 5.54 Å². The summed E-state index contributed by atoms with van der Waals surface area (Å²) in [5.74, 6) is 1.02. The summed E-state index contributed by atoms with van der Waals surface area (Å²) in [6, 6.07) is 0. The second-order valence-electron chi connectivity index (χ2n) is 3.02. The molecule has 1 aliphatic rings. The molecule has 1 fully saturated rings. The predicted octanol–water partition coefficient (Wildman–Crippen LogP) is 0.790. The van der Waals surface area contributed by atoms with Crippen LogP contribution in [0.1, 0.15) is 18.7 Å². The van der Waals surface area contributed by atoms with Crippen molar-refractivity contribution in [3.05, 3.63) is 18.2 Å². The van der Waals surface area contributed by atoms with Gasteiger partial charge in [0.2, 0.25) is 0 Å². The van der Waals surface area contributed by atoms with E-state index in [1.165, 1.54) is 0 Å². The molecule has 0 aliphatic heterocycles. The first kappa shape index (κ1) is 8.56. The van der Waals surface area contributed by atoms with E-state index in [0.717, 1.165) is 18.7 Å². The van der Waals surface area contributed by atoms with E-state index in [4.69, 9.17) is 5.73 Å². The molecule has 2 N–H and O–H groups in total. The fraction of sp³-hybridized carbons (Fsp3) is 0.571. The van der Waals surface area contributed by atoms with Crippen molar-refractivity contribution in [2.45, 2.75) is 18.4 Å². The van der Waals surface area contributed by atoms with E-state index in [1.807, 2.05) is 17.8 Å². The number of hydrogen-bond acceptors (Lipinski definition) is 2. The van der Waals surface area contributed by atoms with Crippen molar-refractivity contribution < 1.29 is 0 Å². The van der Waals surface area contributed by atoms with Crippen molar-refractivity contribution in [1.82, 2.24) is 9.55 Å². The van der Waals surface area contributed by atoms with Crippen molar-refractivity contribution in [2.75, 3.05) is 0 Å². The smallest absolute Gasteiger partial charge is 0.128 e. The molecule has 0 radical (unpaired) electrons. The highest BCUT2D eigenvalue weighted by Crippen LogP contribution is 2.41. The first-order valence-electron chi connectivity index (χ1n) is 3.49. The van der Waals surface area contributed by atoms with Crippen molar-refractivity contribution in [3.8, 4) is 0 Å². The normalized spacial score (nSPS) is 19.1. The molecule has 2 rings (SSSR count). The monoisotopic (exact) mass is 173 g/mol. The summed E-state index contributed by atoms with van der Waals surface area (Å²) in [5.41, 5.74) is 5.84. The molecule has 0 amide bonds. The topological polar surface area (TPSA) is 43.8 Å². The Hall–Kier alpha value is -0.540. The van der Waals surface area contributed by atoms with Crippen LogP contribution in [0.3, 0.4) is 0 Å². The summed E-state index contributed by atoms with van der Waals surface area (Å²) < 4.78 is 1.99. The van der Waals surface area contributed by atoms with E-state index in [-0.39, 0.29) is 17.9 Å². The predicted molar refractivity (Wildman–Crippen MR) is 45.6 cm³/mol. The van der Waals surface area contributed by atoms with Gasteiger partial charge >= 0.3 is 0 Å². The fourth-order valence-corrected chi connectivity index (χ4v) is 1.20. The zero-order valence-corrected chi connectivity index (χ0v) is 7.27. The molecule has 3 nitrogen and oxygen atoms in total. The van der Waals surface area contributed by atoms with Crippen LogP contribution < -0.4 is 5.73 Å². The Morgan fingerprint density at radius 2 is 2.27 bits per heavy atom. The molecule has 0 bridgehead atoms. The largest absolute Gasteiger partial charge is 0.336 e. The van der Waals surface area contributed by atoms with Gasteiger partial charge in [-0.3, -0.25) is 0 Å². The van der Waals surface area contributed by atoms with Crippen LogP contribution in [-0.2, 0) is 12.6 Å². The summed E-state index contributed by atoms with van der Waals surface area (Å²) in [6.45, 7) is 0. The molecule has 1 aromatic heterocycles. The molecule has 0 aromatic carbocycles. The zero-order chi connectivity index (χ0) is 7.19. The molecule has 1 aliphatic carbocycles. The molecule has 1 heterocycles. The lowest BCUT2D eigenvalue weighted by Gasteiger charge is -2.06. The first-order chi connectivity index (χ1) is 4.72. The first-order valence-corrected chi connectivity index (χ1v) is 3.49. The number of rotatable bonds is 1. The third-order valence-electron chi connectivity index (χ3n) is 2.06. The Bertz CT molecular complexity index is 252. The van der Waals surface area contributed by atoms with Gasteiger partial charge in [0, 0.05) is 19.4 Å². The van der Waals surface area contributed by atoms with Gasteiger partial charge in [-0.15, -0.1) is 12.4 Å². The molecular formula is C7H12ClN3. The van der Waals surface area contributed by atoms with Gasteiger partial charge in [-0.2, -0.15) is 0 Å². The number of hydrogen-bond donors (Lipinski definition) is 1. The van der Waals surface area contributed by atoms with Crippen molar-refractivity contribution in [1.29, 1.82) is 0 Å². The Labute approximate surface area is 72.0 Å². The number of aryl methyl sites for hydroxylation is 1. The van der Waals surface area contributed by atoms with Crippen LogP contribution in [0.15, 0.2) is 12.4 Å². The maximum atomic E-state index is 5.93. The average Bonchev–Trinajstić information content (AvgIpc) is 2.44. The van der Waals surface area contributed by atoms with E-state index in [2.05, 4.69) is 4.98 Å². The number of aromatic nitrogens is 2. The molecule has 1 aromatic rings. The summed E-state index contributed by atoms with van der Waals surface area (Å²) >= 11 is 0. The van der Waals surface area contributed by atoms with Crippen molar-refractivity contribution in [3.63, 3.8) is 0 Å². The maximum Gasteiger partial charge on any atom is 0.128 e. The highest BCUT2D eigenvalue weighted by atomic mass is 35.5. The fourth-order valence-electron chi connectivity index (χ4n) is 1.20. The number of nitrogens with zero attached hydrogens (tertiary/aromatic N) is 2. The minimum absolute atomic E-state index is 0. The van der Waals surface area contributed by atoms with E-state index >= 15 is 0 Å². The van der Waals surface area contributed by atoms with Crippen LogP contribution in [0, 0.1) is 0 Å². The van der Waals surface area contributed by atoms with Gasteiger partial charge in [-0.05, 0) is 12.8 Å². The van der Waals surface area contributed by atoms with Crippen LogP contribution in [0.2, 0.25) is 0 Å². The second kappa shape index (κ2) is 2.50. The molecule has 11 heavy (non-hydrogen) atoms. The lowest BCUT2D eigenvalue weighted by molar-refractivity contribution is 0.631. The third-order valence-corrected chi connectivity index (χ3v) is 2.06. The van der Waals surface area contributed by atoms with Crippen LogP contribution in [0.5, 0.6) is 0 Å². The Balaban J connectivity index is 0.000000605. The second-order valence-corrected chi connectivity index (χ2v) is 3.02. The number of halogens is 1. The van der Waals surface area contributed by atoms with Crippen molar-refractivity contribution >= 4 is 12.4 Å². The molecule has 0 spiro atoms. The van der Waals surface area contributed by atoms with Gasteiger partial charge in [0.1, 0.15) is 5.82 Å². The molecular weight excluding hydrogens is 162 g/mol. The van der Waals surface area contributed by atoms with E-state index < -0.39 is 0 Å². The third kappa shape index (κ3) is 1.26. The van der Waals surface area contributed by atoms with Crippen LogP contribution in [0.25, 0.3) is 0 Å².